The molecule has 2 aromatic rings. The summed E-state index contributed by atoms with van der Waals surface area (Å²) < 4.78 is 18.6. The fourth-order valence-electron chi connectivity index (χ4n) is 2.04. The molecule has 2 rings (SSSR count). The molecule has 3 N–H and O–H groups in total. The smallest absolute Gasteiger partial charge is 0.123 e. The van der Waals surface area contributed by atoms with E-state index in [2.05, 4.69) is 12.3 Å². The average molecular weight is 274 g/mol. The molecule has 2 aromatic carbocycles. The Labute approximate surface area is 118 Å². The Morgan fingerprint density at radius 2 is 1.90 bits per heavy atom. The lowest BCUT2D eigenvalue weighted by Gasteiger charge is -2.18. The topological polar surface area (TPSA) is 47.3 Å². The number of ether oxygens (including phenoxy) is 1. The quantitative estimate of drug-likeness (QED) is 0.628. The van der Waals surface area contributed by atoms with Crippen molar-refractivity contribution in [2.24, 2.45) is 5.84 Å². The zero-order valence-corrected chi connectivity index (χ0v) is 11.5. The van der Waals surface area contributed by atoms with Gasteiger partial charge in [0.2, 0.25) is 0 Å². The molecule has 1 unspecified atom stereocenters. The van der Waals surface area contributed by atoms with Crippen molar-refractivity contribution >= 4 is 0 Å². The summed E-state index contributed by atoms with van der Waals surface area (Å²) in [6.07, 6.45) is 0.959. The molecule has 0 fully saturated rings. The third-order valence-corrected chi connectivity index (χ3v) is 3.03. The summed E-state index contributed by atoms with van der Waals surface area (Å²) in [5.74, 6) is 6.19. The number of hydrogen-bond donors (Lipinski definition) is 2. The summed E-state index contributed by atoms with van der Waals surface area (Å²) >= 11 is 0. The molecule has 0 spiro atoms. The molecule has 4 heteroatoms. The maximum Gasteiger partial charge on any atom is 0.123 e. The Hall–Kier alpha value is -1.91. The minimum atomic E-state index is -0.260. The van der Waals surface area contributed by atoms with Crippen LogP contribution in [-0.2, 0) is 0 Å². The van der Waals surface area contributed by atoms with E-state index in [4.69, 9.17) is 10.6 Å². The van der Waals surface area contributed by atoms with E-state index in [0.29, 0.717) is 6.61 Å². The first-order chi connectivity index (χ1) is 9.74. The van der Waals surface area contributed by atoms with E-state index >= 15 is 0 Å². The number of benzene rings is 2. The van der Waals surface area contributed by atoms with E-state index in [-0.39, 0.29) is 11.9 Å². The molecule has 0 saturated carbocycles. The highest BCUT2D eigenvalue weighted by atomic mass is 19.1. The van der Waals surface area contributed by atoms with Gasteiger partial charge in [-0.15, -0.1) is 0 Å². The SMILES string of the molecule is CCCOc1cccc(C(NN)c2ccc(F)cc2)c1. The highest BCUT2D eigenvalue weighted by Gasteiger charge is 2.13. The highest BCUT2D eigenvalue weighted by molar-refractivity contribution is 5.36. The van der Waals surface area contributed by atoms with Crippen LogP contribution in [0, 0.1) is 5.82 Å². The van der Waals surface area contributed by atoms with E-state index in [9.17, 15) is 4.39 Å². The molecule has 0 aliphatic carbocycles. The third kappa shape index (κ3) is 3.56. The Bertz CT molecular complexity index is 542. The first kappa shape index (κ1) is 14.5. The third-order valence-electron chi connectivity index (χ3n) is 3.03. The van der Waals surface area contributed by atoms with Crippen LogP contribution < -0.4 is 16.0 Å². The van der Waals surface area contributed by atoms with Gasteiger partial charge in [-0.3, -0.25) is 5.84 Å². The first-order valence-electron chi connectivity index (χ1n) is 6.69. The summed E-state index contributed by atoms with van der Waals surface area (Å²) in [6, 6.07) is 13.9. The van der Waals surface area contributed by atoms with Crippen LogP contribution in [-0.4, -0.2) is 6.61 Å². The second-order valence-corrected chi connectivity index (χ2v) is 4.57. The van der Waals surface area contributed by atoms with Crippen molar-refractivity contribution in [1.29, 1.82) is 0 Å². The van der Waals surface area contributed by atoms with Crippen LogP contribution in [0.3, 0.4) is 0 Å². The number of nitrogens with two attached hydrogens (primary N) is 1. The van der Waals surface area contributed by atoms with Gasteiger partial charge in [0.25, 0.3) is 0 Å². The van der Waals surface area contributed by atoms with Crippen LogP contribution in [0.4, 0.5) is 4.39 Å². The molecule has 106 valence electrons. The van der Waals surface area contributed by atoms with Crippen LogP contribution in [0.2, 0.25) is 0 Å². The van der Waals surface area contributed by atoms with Crippen LogP contribution in [0.5, 0.6) is 5.75 Å². The van der Waals surface area contributed by atoms with Gasteiger partial charge in [-0.1, -0.05) is 31.2 Å². The Morgan fingerprint density at radius 3 is 2.55 bits per heavy atom. The molecule has 1 atom stereocenters. The molecule has 20 heavy (non-hydrogen) atoms. The number of rotatable bonds is 6. The molecule has 0 saturated heterocycles. The second-order valence-electron chi connectivity index (χ2n) is 4.57. The van der Waals surface area contributed by atoms with Gasteiger partial charge in [0.05, 0.1) is 12.6 Å². The van der Waals surface area contributed by atoms with E-state index in [0.717, 1.165) is 23.3 Å². The van der Waals surface area contributed by atoms with Gasteiger partial charge in [-0.2, -0.15) is 0 Å². The van der Waals surface area contributed by atoms with Crippen molar-refractivity contribution in [3.8, 4) is 5.75 Å². The van der Waals surface area contributed by atoms with Crippen molar-refractivity contribution in [2.75, 3.05) is 6.61 Å². The molecule has 0 amide bonds. The molecular weight excluding hydrogens is 255 g/mol. The van der Waals surface area contributed by atoms with Gasteiger partial charge in [0.1, 0.15) is 11.6 Å². The Kier molecular flexibility index (Phi) is 5.09. The van der Waals surface area contributed by atoms with Crippen LogP contribution >= 0.6 is 0 Å². The maximum atomic E-state index is 13.0. The minimum Gasteiger partial charge on any atom is -0.494 e. The van der Waals surface area contributed by atoms with Crippen molar-refractivity contribution < 1.29 is 9.13 Å². The van der Waals surface area contributed by atoms with Crippen molar-refractivity contribution in [2.45, 2.75) is 19.4 Å². The monoisotopic (exact) mass is 274 g/mol. The number of nitrogens with one attached hydrogen (secondary N) is 1. The number of halogens is 1. The largest absolute Gasteiger partial charge is 0.494 e. The predicted molar refractivity (Wildman–Crippen MR) is 77.8 cm³/mol. The van der Waals surface area contributed by atoms with E-state index in [1.54, 1.807) is 12.1 Å². The molecule has 0 bridgehead atoms. The number of hydrazine groups is 1. The molecule has 0 aliphatic heterocycles. The Balaban J connectivity index is 2.24. The summed E-state index contributed by atoms with van der Waals surface area (Å²) in [6.45, 7) is 2.74. The van der Waals surface area contributed by atoms with E-state index in [1.807, 2.05) is 24.3 Å². The van der Waals surface area contributed by atoms with Crippen molar-refractivity contribution in [1.82, 2.24) is 5.43 Å². The summed E-state index contributed by atoms with van der Waals surface area (Å²) in [5, 5.41) is 0. The first-order valence-corrected chi connectivity index (χ1v) is 6.69. The maximum absolute atomic E-state index is 13.0. The van der Waals surface area contributed by atoms with Crippen molar-refractivity contribution in [3.05, 3.63) is 65.5 Å². The van der Waals surface area contributed by atoms with Gasteiger partial charge in [-0.25, -0.2) is 9.82 Å². The predicted octanol–water partition coefficient (Wildman–Crippen LogP) is 3.17. The van der Waals surface area contributed by atoms with E-state index < -0.39 is 0 Å². The normalized spacial score (nSPS) is 12.2. The molecule has 0 radical (unpaired) electrons. The van der Waals surface area contributed by atoms with Gasteiger partial charge >= 0.3 is 0 Å². The zero-order valence-electron chi connectivity index (χ0n) is 11.5. The minimum absolute atomic E-state index is 0.194. The molecular formula is C16H19FN2O. The van der Waals surface area contributed by atoms with Gasteiger partial charge in [0, 0.05) is 0 Å². The number of hydrogen-bond acceptors (Lipinski definition) is 3. The fourth-order valence-corrected chi connectivity index (χ4v) is 2.04. The molecule has 0 heterocycles. The van der Waals surface area contributed by atoms with Crippen LogP contribution in [0.1, 0.15) is 30.5 Å². The average Bonchev–Trinajstić information content (AvgIpc) is 2.48. The van der Waals surface area contributed by atoms with Crippen LogP contribution in [0.25, 0.3) is 0 Å². The lowest BCUT2D eigenvalue weighted by atomic mass is 9.99. The van der Waals surface area contributed by atoms with Gasteiger partial charge in [-0.05, 0) is 41.8 Å². The van der Waals surface area contributed by atoms with Gasteiger partial charge < -0.3 is 4.74 Å². The molecule has 3 nitrogen and oxygen atoms in total. The second kappa shape index (κ2) is 7.03. The zero-order chi connectivity index (χ0) is 14.4. The fraction of sp³-hybridized carbons (Fsp3) is 0.250. The van der Waals surface area contributed by atoms with Gasteiger partial charge in [0.15, 0.2) is 0 Å². The molecule has 0 aliphatic rings. The van der Waals surface area contributed by atoms with Crippen molar-refractivity contribution in [3.63, 3.8) is 0 Å². The molecule has 0 aromatic heterocycles. The standard InChI is InChI=1S/C16H19FN2O/c1-2-10-20-15-5-3-4-13(11-15)16(19-18)12-6-8-14(17)9-7-12/h3-9,11,16,19H,2,10,18H2,1H3. The summed E-state index contributed by atoms with van der Waals surface area (Å²) in [4.78, 5) is 0. The Morgan fingerprint density at radius 1 is 1.15 bits per heavy atom. The summed E-state index contributed by atoms with van der Waals surface area (Å²) in [5.41, 5.74) is 4.64. The summed E-state index contributed by atoms with van der Waals surface area (Å²) in [7, 11) is 0. The van der Waals surface area contributed by atoms with E-state index in [1.165, 1.54) is 12.1 Å². The lowest BCUT2D eigenvalue weighted by molar-refractivity contribution is 0.317. The van der Waals surface area contributed by atoms with Crippen LogP contribution in [0.15, 0.2) is 48.5 Å². The lowest BCUT2D eigenvalue weighted by Crippen LogP contribution is -2.28. The highest BCUT2D eigenvalue weighted by Crippen LogP contribution is 2.25.